The Bertz CT molecular complexity index is 1010. The Morgan fingerprint density at radius 2 is 1.76 bits per heavy atom. The Balaban J connectivity index is 1.68. The molecule has 29 heavy (non-hydrogen) atoms. The maximum absolute atomic E-state index is 12.8. The summed E-state index contributed by atoms with van der Waals surface area (Å²) in [4.78, 5) is 31.1. The molecule has 0 aliphatic carbocycles. The minimum atomic E-state index is -3.66. The summed E-state index contributed by atoms with van der Waals surface area (Å²) in [6.07, 6.45) is 0.797. The van der Waals surface area contributed by atoms with Gasteiger partial charge in [0.1, 0.15) is 0 Å². The van der Waals surface area contributed by atoms with Crippen LogP contribution in [0, 0.1) is 6.92 Å². The van der Waals surface area contributed by atoms with E-state index in [0.29, 0.717) is 23.8 Å². The zero-order valence-electron chi connectivity index (χ0n) is 16.6. The van der Waals surface area contributed by atoms with Crippen molar-refractivity contribution in [2.75, 3.05) is 31.5 Å². The lowest BCUT2D eigenvalue weighted by molar-refractivity contribution is -0.129. The van der Waals surface area contributed by atoms with Gasteiger partial charge in [-0.3, -0.25) is 14.9 Å². The molecule has 0 radical (unpaired) electrons. The smallest absolute Gasteiger partial charge is 0.257 e. The van der Waals surface area contributed by atoms with Gasteiger partial charge < -0.3 is 4.90 Å². The Morgan fingerprint density at radius 1 is 1.14 bits per heavy atom. The lowest BCUT2D eigenvalue weighted by atomic mass is 10.2. The molecule has 0 bridgehead atoms. The summed E-state index contributed by atoms with van der Waals surface area (Å²) < 4.78 is 27.0. The molecule has 1 fully saturated rings. The monoisotopic (exact) mass is 436 g/mol. The number of thiazole rings is 1. The van der Waals surface area contributed by atoms with E-state index in [1.165, 1.54) is 46.8 Å². The number of hydrogen-bond donors (Lipinski definition) is 1. The maximum Gasteiger partial charge on any atom is 0.257 e. The molecule has 1 saturated heterocycles. The van der Waals surface area contributed by atoms with Gasteiger partial charge in [0.05, 0.1) is 10.6 Å². The molecule has 0 unspecified atom stereocenters. The molecule has 0 saturated carbocycles. The van der Waals surface area contributed by atoms with Gasteiger partial charge in [0, 0.05) is 43.5 Å². The number of aryl methyl sites for hydroxylation is 2. The van der Waals surface area contributed by atoms with E-state index in [1.54, 1.807) is 4.90 Å². The van der Waals surface area contributed by atoms with Gasteiger partial charge in [-0.2, -0.15) is 4.31 Å². The van der Waals surface area contributed by atoms with Gasteiger partial charge in [0.15, 0.2) is 5.13 Å². The van der Waals surface area contributed by atoms with Crippen molar-refractivity contribution in [1.29, 1.82) is 0 Å². The molecule has 156 valence electrons. The molecular formula is C19H24N4O4S2. The van der Waals surface area contributed by atoms with E-state index >= 15 is 0 Å². The SMILES string of the molecule is CCc1nc(NC(=O)c2ccc(S(=O)(=O)N3CCN(C(C)=O)CC3)cc2)sc1C. The van der Waals surface area contributed by atoms with Crippen LogP contribution >= 0.6 is 11.3 Å². The molecule has 2 heterocycles. The largest absolute Gasteiger partial charge is 0.340 e. The van der Waals surface area contributed by atoms with Crippen molar-refractivity contribution in [3.8, 4) is 0 Å². The van der Waals surface area contributed by atoms with Gasteiger partial charge in [-0.15, -0.1) is 11.3 Å². The van der Waals surface area contributed by atoms with Crippen molar-refractivity contribution in [2.45, 2.75) is 32.1 Å². The molecule has 8 nitrogen and oxygen atoms in total. The number of nitrogens with zero attached hydrogens (tertiary/aromatic N) is 3. The first-order valence-electron chi connectivity index (χ1n) is 9.35. The number of piperazine rings is 1. The summed E-state index contributed by atoms with van der Waals surface area (Å²) in [6.45, 7) is 6.71. The highest BCUT2D eigenvalue weighted by molar-refractivity contribution is 7.89. The minimum Gasteiger partial charge on any atom is -0.340 e. The van der Waals surface area contributed by atoms with Crippen molar-refractivity contribution in [2.24, 2.45) is 0 Å². The fraction of sp³-hybridized carbons (Fsp3) is 0.421. The van der Waals surface area contributed by atoms with E-state index in [1.807, 2.05) is 13.8 Å². The number of aromatic nitrogens is 1. The Labute approximate surface area is 174 Å². The van der Waals surface area contributed by atoms with E-state index in [0.717, 1.165) is 17.0 Å². The molecule has 0 spiro atoms. The standard InChI is InChI=1S/C19H24N4O4S2/c1-4-17-13(2)28-19(20-17)21-18(25)15-5-7-16(8-6-15)29(26,27)23-11-9-22(10-12-23)14(3)24/h5-8H,4,9-12H2,1-3H3,(H,20,21,25). The number of sulfonamides is 1. The normalized spacial score (nSPS) is 15.3. The summed E-state index contributed by atoms with van der Waals surface area (Å²) in [5.41, 5.74) is 1.31. The fourth-order valence-corrected chi connectivity index (χ4v) is 5.47. The van der Waals surface area contributed by atoms with E-state index in [-0.39, 0.29) is 29.8 Å². The zero-order chi connectivity index (χ0) is 21.2. The third-order valence-electron chi connectivity index (χ3n) is 4.89. The first-order valence-corrected chi connectivity index (χ1v) is 11.6. The van der Waals surface area contributed by atoms with Gasteiger partial charge in [-0.25, -0.2) is 13.4 Å². The van der Waals surface area contributed by atoms with E-state index in [4.69, 9.17) is 0 Å². The molecule has 1 aromatic carbocycles. The summed E-state index contributed by atoms with van der Waals surface area (Å²) in [5.74, 6) is -0.390. The predicted molar refractivity (Wildman–Crippen MR) is 112 cm³/mol. The molecule has 0 atom stereocenters. The van der Waals surface area contributed by atoms with Crippen molar-refractivity contribution >= 4 is 38.3 Å². The van der Waals surface area contributed by atoms with Crippen molar-refractivity contribution in [1.82, 2.24) is 14.2 Å². The fourth-order valence-electron chi connectivity index (χ4n) is 3.15. The number of carbonyl (C=O) groups excluding carboxylic acids is 2. The maximum atomic E-state index is 12.8. The predicted octanol–water partition coefficient (Wildman–Crippen LogP) is 2.12. The zero-order valence-corrected chi connectivity index (χ0v) is 18.3. The summed E-state index contributed by atoms with van der Waals surface area (Å²) in [5, 5.41) is 3.29. The molecule has 2 amide bonds. The van der Waals surface area contributed by atoms with Gasteiger partial charge in [-0.1, -0.05) is 6.92 Å². The molecule has 1 aromatic heterocycles. The lowest BCUT2D eigenvalue weighted by Gasteiger charge is -2.33. The average molecular weight is 437 g/mol. The van der Waals surface area contributed by atoms with Crippen LogP contribution in [-0.2, 0) is 21.2 Å². The third-order valence-corrected chi connectivity index (χ3v) is 7.73. The van der Waals surface area contributed by atoms with Crippen LogP contribution in [0.5, 0.6) is 0 Å². The molecule has 1 aliphatic rings. The summed E-state index contributed by atoms with van der Waals surface area (Å²) in [7, 11) is -3.66. The number of benzene rings is 1. The molecule has 1 N–H and O–H groups in total. The first kappa shape index (κ1) is 21.4. The first-order chi connectivity index (χ1) is 13.7. The highest BCUT2D eigenvalue weighted by atomic mass is 32.2. The molecule has 2 aromatic rings. The Hall–Kier alpha value is -2.30. The number of hydrogen-bond acceptors (Lipinski definition) is 6. The van der Waals surface area contributed by atoms with Crippen LogP contribution in [0.1, 0.15) is 34.8 Å². The van der Waals surface area contributed by atoms with Gasteiger partial charge in [0.2, 0.25) is 15.9 Å². The van der Waals surface area contributed by atoms with Crippen LogP contribution in [0.25, 0.3) is 0 Å². The van der Waals surface area contributed by atoms with Crippen LogP contribution in [0.4, 0.5) is 5.13 Å². The topological polar surface area (TPSA) is 99.7 Å². The molecule has 3 rings (SSSR count). The number of amides is 2. The van der Waals surface area contributed by atoms with Gasteiger partial charge in [0.25, 0.3) is 5.91 Å². The Morgan fingerprint density at radius 3 is 2.28 bits per heavy atom. The molecule has 10 heteroatoms. The summed E-state index contributed by atoms with van der Waals surface area (Å²) in [6, 6.07) is 5.86. The van der Waals surface area contributed by atoms with Crippen LogP contribution < -0.4 is 5.32 Å². The van der Waals surface area contributed by atoms with Crippen LogP contribution in [0.15, 0.2) is 29.2 Å². The van der Waals surface area contributed by atoms with Crippen molar-refractivity contribution in [3.63, 3.8) is 0 Å². The molecule has 1 aliphatic heterocycles. The van der Waals surface area contributed by atoms with Crippen molar-refractivity contribution < 1.29 is 18.0 Å². The highest BCUT2D eigenvalue weighted by Gasteiger charge is 2.29. The van der Waals surface area contributed by atoms with Crippen LogP contribution in [0.2, 0.25) is 0 Å². The van der Waals surface area contributed by atoms with Crippen LogP contribution in [-0.4, -0.2) is 60.6 Å². The van der Waals surface area contributed by atoms with Gasteiger partial charge >= 0.3 is 0 Å². The number of carbonyl (C=O) groups is 2. The summed E-state index contributed by atoms with van der Waals surface area (Å²) >= 11 is 1.42. The van der Waals surface area contributed by atoms with Crippen LogP contribution in [0.3, 0.4) is 0 Å². The number of anilines is 1. The van der Waals surface area contributed by atoms with Crippen molar-refractivity contribution in [3.05, 3.63) is 40.4 Å². The third kappa shape index (κ3) is 4.65. The van der Waals surface area contributed by atoms with Gasteiger partial charge in [-0.05, 0) is 37.6 Å². The second-order valence-electron chi connectivity index (χ2n) is 6.76. The number of rotatable bonds is 5. The van der Waals surface area contributed by atoms with E-state index in [9.17, 15) is 18.0 Å². The number of nitrogens with one attached hydrogen (secondary N) is 1. The lowest BCUT2D eigenvalue weighted by Crippen LogP contribution is -2.49. The second kappa shape index (κ2) is 8.60. The van der Waals surface area contributed by atoms with E-state index < -0.39 is 10.0 Å². The molecular weight excluding hydrogens is 412 g/mol. The second-order valence-corrected chi connectivity index (χ2v) is 9.91. The average Bonchev–Trinajstić information content (AvgIpc) is 3.07. The van der Waals surface area contributed by atoms with E-state index in [2.05, 4.69) is 10.3 Å². The highest BCUT2D eigenvalue weighted by Crippen LogP contribution is 2.23. The quantitative estimate of drug-likeness (QED) is 0.774. The Kier molecular flexibility index (Phi) is 6.35. The minimum absolute atomic E-state index is 0.0566.